The molecule has 0 saturated carbocycles. The van der Waals surface area contributed by atoms with Crippen molar-refractivity contribution < 1.29 is 14.7 Å². The number of rotatable bonds is 4. The van der Waals surface area contributed by atoms with E-state index in [4.69, 9.17) is 11.6 Å². The van der Waals surface area contributed by atoms with Crippen molar-refractivity contribution in [2.75, 3.05) is 5.32 Å². The molecule has 2 N–H and O–H groups in total. The van der Waals surface area contributed by atoms with Gasteiger partial charge in [0.1, 0.15) is 0 Å². The van der Waals surface area contributed by atoms with Gasteiger partial charge in [-0.15, -0.1) is 0 Å². The zero-order chi connectivity index (χ0) is 20.4. The lowest BCUT2D eigenvalue weighted by molar-refractivity contribution is 0.0698. The van der Waals surface area contributed by atoms with Crippen LogP contribution in [0.2, 0.25) is 5.02 Å². The van der Waals surface area contributed by atoms with Crippen molar-refractivity contribution in [2.45, 2.75) is 0 Å². The number of aromatic nitrogens is 1. The summed E-state index contributed by atoms with van der Waals surface area (Å²) in [5.74, 6) is -1.58. The van der Waals surface area contributed by atoms with E-state index in [9.17, 15) is 14.7 Å². The molecule has 0 bridgehead atoms. The molecule has 6 heteroatoms. The predicted octanol–water partition coefficient (Wildman–Crippen LogP) is 5.51. The minimum absolute atomic E-state index is 0.0692. The van der Waals surface area contributed by atoms with Gasteiger partial charge in [0, 0.05) is 33.9 Å². The SMILES string of the molecule is O=C(Nc1ccc(Cl)cc1C(=O)O)c1cccc(-c2cncc3ccccc23)c1. The summed E-state index contributed by atoms with van der Waals surface area (Å²) in [6.07, 6.45) is 3.56. The molecule has 29 heavy (non-hydrogen) atoms. The van der Waals surface area contributed by atoms with Gasteiger partial charge in [0.25, 0.3) is 5.91 Å². The zero-order valence-corrected chi connectivity index (χ0v) is 15.9. The van der Waals surface area contributed by atoms with Crippen molar-refractivity contribution in [2.24, 2.45) is 0 Å². The fourth-order valence-electron chi connectivity index (χ4n) is 3.17. The number of aromatic carboxylic acids is 1. The molecule has 0 spiro atoms. The van der Waals surface area contributed by atoms with Gasteiger partial charge in [-0.3, -0.25) is 9.78 Å². The first-order chi connectivity index (χ1) is 14.0. The number of amides is 1. The summed E-state index contributed by atoms with van der Waals surface area (Å²) in [5.41, 5.74) is 2.28. The number of hydrogen-bond donors (Lipinski definition) is 2. The number of carbonyl (C=O) groups is 2. The molecule has 4 aromatic rings. The number of carboxylic acids is 1. The zero-order valence-electron chi connectivity index (χ0n) is 15.1. The summed E-state index contributed by atoms with van der Waals surface area (Å²) in [7, 11) is 0. The molecule has 0 aliphatic rings. The van der Waals surface area contributed by atoms with Crippen molar-refractivity contribution in [3.63, 3.8) is 0 Å². The van der Waals surface area contributed by atoms with Gasteiger partial charge in [-0.25, -0.2) is 4.79 Å². The van der Waals surface area contributed by atoms with Gasteiger partial charge in [-0.2, -0.15) is 0 Å². The van der Waals surface area contributed by atoms with E-state index in [-0.39, 0.29) is 16.3 Å². The van der Waals surface area contributed by atoms with Crippen LogP contribution in [0, 0.1) is 0 Å². The van der Waals surface area contributed by atoms with Crippen molar-refractivity contribution >= 4 is 39.9 Å². The molecular weight excluding hydrogens is 388 g/mol. The van der Waals surface area contributed by atoms with Crippen LogP contribution < -0.4 is 5.32 Å². The molecule has 1 amide bonds. The molecule has 3 aromatic carbocycles. The molecule has 0 radical (unpaired) electrons. The van der Waals surface area contributed by atoms with Gasteiger partial charge in [-0.05, 0) is 41.3 Å². The van der Waals surface area contributed by atoms with Crippen LogP contribution in [-0.2, 0) is 0 Å². The van der Waals surface area contributed by atoms with E-state index in [2.05, 4.69) is 10.3 Å². The number of fused-ring (bicyclic) bond motifs is 1. The van der Waals surface area contributed by atoms with Crippen molar-refractivity contribution in [3.8, 4) is 11.1 Å². The minimum Gasteiger partial charge on any atom is -0.478 e. The number of carboxylic acid groups (broad SMARTS) is 1. The Labute approximate surface area is 171 Å². The van der Waals surface area contributed by atoms with Crippen LogP contribution in [-0.4, -0.2) is 22.0 Å². The average molecular weight is 403 g/mol. The normalized spacial score (nSPS) is 10.7. The summed E-state index contributed by atoms with van der Waals surface area (Å²) in [6, 6.07) is 19.3. The second-order valence-corrected chi connectivity index (χ2v) is 6.87. The van der Waals surface area contributed by atoms with E-state index in [0.29, 0.717) is 5.56 Å². The van der Waals surface area contributed by atoms with Crippen LogP contribution >= 0.6 is 11.6 Å². The highest BCUT2D eigenvalue weighted by Crippen LogP contribution is 2.28. The van der Waals surface area contributed by atoms with Gasteiger partial charge in [0.2, 0.25) is 0 Å². The molecule has 1 aromatic heterocycles. The summed E-state index contributed by atoms with van der Waals surface area (Å²) in [6.45, 7) is 0. The van der Waals surface area contributed by atoms with E-state index >= 15 is 0 Å². The molecule has 0 aliphatic carbocycles. The number of anilines is 1. The quantitative estimate of drug-likeness (QED) is 0.472. The Morgan fingerprint density at radius 3 is 2.59 bits per heavy atom. The summed E-state index contributed by atoms with van der Waals surface area (Å²) < 4.78 is 0. The highest BCUT2D eigenvalue weighted by Gasteiger charge is 2.15. The van der Waals surface area contributed by atoms with Gasteiger partial charge < -0.3 is 10.4 Å². The maximum atomic E-state index is 12.8. The van der Waals surface area contributed by atoms with E-state index in [1.807, 2.05) is 30.3 Å². The monoisotopic (exact) mass is 402 g/mol. The second-order valence-electron chi connectivity index (χ2n) is 6.44. The molecule has 142 valence electrons. The summed E-state index contributed by atoms with van der Waals surface area (Å²) >= 11 is 5.87. The van der Waals surface area contributed by atoms with Crippen LogP contribution in [0.1, 0.15) is 20.7 Å². The Kier molecular flexibility index (Phi) is 4.97. The molecule has 5 nitrogen and oxygen atoms in total. The standard InChI is InChI=1S/C23H15ClN2O3/c24-17-8-9-21(19(11-17)23(28)29)26-22(27)15-6-3-5-14(10-15)20-13-25-12-16-4-1-2-7-18(16)20/h1-13H,(H,26,27)(H,28,29). The molecule has 1 heterocycles. The maximum absolute atomic E-state index is 12.8. The number of carbonyl (C=O) groups excluding carboxylic acids is 1. The first-order valence-electron chi connectivity index (χ1n) is 8.80. The van der Waals surface area contributed by atoms with E-state index < -0.39 is 11.9 Å². The topological polar surface area (TPSA) is 79.3 Å². The lowest BCUT2D eigenvalue weighted by Crippen LogP contribution is -2.14. The third kappa shape index (κ3) is 3.81. The number of hydrogen-bond acceptors (Lipinski definition) is 3. The second kappa shape index (κ2) is 7.73. The van der Waals surface area contributed by atoms with Gasteiger partial charge in [0.15, 0.2) is 0 Å². The molecule has 0 saturated heterocycles. The highest BCUT2D eigenvalue weighted by molar-refractivity contribution is 6.31. The van der Waals surface area contributed by atoms with Crippen molar-refractivity contribution in [1.29, 1.82) is 0 Å². The Bertz CT molecular complexity index is 1250. The first kappa shape index (κ1) is 18.7. The molecule has 0 atom stereocenters. The van der Waals surface area contributed by atoms with Crippen LogP contribution in [0.4, 0.5) is 5.69 Å². The maximum Gasteiger partial charge on any atom is 0.337 e. The van der Waals surface area contributed by atoms with Gasteiger partial charge in [0.05, 0.1) is 11.3 Å². The number of benzene rings is 3. The van der Waals surface area contributed by atoms with Crippen molar-refractivity contribution in [1.82, 2.24) is 4.98 Å². The Morgan fingerprint density at radius 1 is 0.931 bits per heavy atom. The molecule has 0 unspecified atom stereocenters. The molecular formula is C23H15ClN2O3. The van der Waals surface area contributed by atoms with E-state index in [1.54, 1.807) is 30.6 Å². The Hall–Kier alpha value is -3.70. The Balaban J connectivity index is 1.69. The smallest absolute Gasteiger partial charge is 0.337 e. The largest absolute Gasteiger partial charge is 0.478 e. The van der Waals surface area contributed by atoms with Gasteiger partial charge >= 0.3 is 5.97 Å². The number of nitrogens with zero attached hydrogens (tertiary/aromatic N) is 1. The van der Waals surface area contributed by atoms with Crippen LogP contribution in [0.5, 0.6) is 0 Å². The molecule has 0 fully saturated rings. The minimum atomic E-state index is -1.17. The first-order valence-corrected chi connectivity index (χ1v) is 9.18. The fourth-order valence-corrected chi connectivity index (χ4v) is 3.34. The Morgan fingerprint density at radius 2 is 1.76 bits per heavy atom. The van der Waals surface area contributed by atoms with Crippen LogP contribution in [0.3, 0.4) is 0 Å². The molecule has 4 rings (SSSR count). The third-order valence-corrected chi connectivity index (χ3v) is 4.80. The van der Waals surface area contributed by atoms with Crippen LogP contribution in [0.15, 0.2) is 79.1 Å². The lowest BCUT2D eigenvalue weighted by Gasteiger charge is -2.11. The average Bonchev–Trinajstić information content (AvgIpc) is 2.74. The molecule has 0 aliphatic heterocycles. The number of pyridine rings is 1. The third-order valence-electron chi connectivity index (χ3n) is 4.56. The predicted molar refractivity (Wildman–Crippen MR) is 114 cm³/mol. The van der Waals surface area contributed by atoms with Crippen LogP contribution in [0.25, 0.3) is 21.9 Å². The van der Waals surface area contributed by atoms with Gasteiger partial charge in [-0.1, -0.05) is 48.0 Å². The summed E-state index contributed by atoms with van der Waals surface area (Å²) in [4.78, 5) is 28.5. The van der Waals surface area contributed by atoms with E-state index in [0.717, 1.165) is 21.9 Å². The van der Waals surface area contributed by atoms with E-state index in [1.165, 1.54) is 18.2 Å². The lowest BCUT2D eigenvalue weighted by atomic mass is 9.99. The fraction of sp³-hybridized carbons (Fsp3) is 0. The van der Waals surface area contributed by atoms with Crippen molar-refractivity contribution in [3.05, 3.63) is 95.3 Å². The highest BCUT2D eigenvalue weighted by atomic mass is 35.5. The number of halogens is 1. The summed E-state index contributed by atoms with van der Waals surface area (Å²) in [5, 5.41) is 14.3. The number of nitrogens with one attached hydrogen (secondary N) is 1.